The number of H-pyrrole nitrogens is 1. The average Bonchev–Trinajstić information content (AvgIpc) is 3.43. The number of nitrogens with one attached hydrogen (secondary N) is 1. The van der Waals surface area contributed by atoms with Gasteiger partial charge in [-0.05, 0) is 49.7 Å². The Morgan fingerprint density at radius 2 is 2.09 bits per heavy atom. The molecule has 1 fully saturated rings. The zero-order valence-electron chi connectivity index (χ0n) is 18.5. The summed E-state index contributed by atoms with van der Waals surface area (Å²) in [5, 5.41) is 0.897. The van der Waals surface area contributed by atoms with E-state index >= 15 is 0 Å². The van der Waals surface area contributed by atoms with Gasteiger partial charge in [-0.1, -0.05) is 12.1 Å². The quantitative estimate of drug-likeness (QED) is 0.449. The first-order valence-electron chi connectivity index (χ1n) is 11.0. The molecule has 0 bridgehead atoms. The number of imidazole rings is 1. The van der Waals surface area contributed by atoms with Gasteiger partial charge >= 0.3 is 0 Å². The topological polar surface area (TPSA) is 72.4 Å². The third kappa shape index (κ3) is 3.78. The second-order valence-electron chi connectivity index (χ2n) is 8.60. The molecule has 1 atom stereocenters. The molecule has 4 aromatic rings. The number of aromatic nitrogens is 3. The molecular weight excluding hydrogens is 404 g/mol. The molecule has 3 heterocycles. The number of ether oxygens (including phenoxy) is 2. The number of carbonyl (C=O) groups is 1. The van der Waals surface area contributed by atoms with Crippen molar-refractivity contribution in [3.63, 3.8) is 0 Å². The van der Waals surface area contributed by atoms with Crippen molar-refractivity contribution in [1.82, 2.24) is 19.4 Å². The maximum Gasteiger partial charge on any atom is 0.178 e. The van der Waals surface area contributed by atoms with Crippen LogP contribution in [-0.2, 0) is 11.3 Å². The number of hydrogen-bond donors (Lipinski definition) is 1. The van der Waals surface area contributed by atoms with E-state index < -0.39 is 0 Å². The Balaban J connectivity index is 1.34. The number of carbonyl (C=O) groups excluding carboxylic acids is 1. The van der Waals surface area contributed by atoms with Gasteiger partial charge in [-0.3, -0.25) is 9.69 Å². The first kappa shape index (κ1) is 20.7. The molecule has 0 spiro atoms. The van der Waals surface area contributed by atoms with Crippen LogP contribution in [0.15, 0.2) is 55.0 Å². The first-order valence-corrected chi connectivity index (χ1v) is 11.0. The summed E-state index contributed by atoms with van der Waals surface area (Å²) in [5.41, 5.74) is 3.37. The lowest BCUT2D eigenvalue weighted by Crippen LogP contribution is -2.52. The minimum atomic E-state index is -0.356. The maximum absolute atomic E-state index is 13.2. The first-order chi connectivity index (χ1) is 15.6. The number of aromatic amines is 1. The highest BCUT2D eigenvalue weighted by Gasteiger charge is 2.37. The molecule has 7 heteroatoms. The van der Waals surface area contributed by atoms with Gasteiger partial charge in [-0.25, -0.2) is 4.98 Å². The number of Topliss-reactive ketones (excluding diaryl/α,β-unsaturated/α-hetero) is 1. The molecule has 7 nitrogen and oxygen atoms in total. The Morgan fingerprint density at radius 1 is 1.22 bits per heavy atom. The summed E-state index contributed by atoms with van der Waals surface area (Å²) in [6.45, 7) is 2.65. The molecule has 1 saturated heterocycles. The van der Waals surface area contributed by atoms with Crippen molar-refractivity contribution >= 4 is 27.7 Å². The van der Waals surface area contributed by atoms with Crippen molar-refractivity contribution < 1.29 is 14.3 Å². The highest BCUT2D eigenvalue weighted by molar-refractivity contribution is 6.09. The zero-order chi connectivity index (χ0) is 22.1. The summed E-state index contributed by atoms with van der Waals surface area (Å²) >= 11 is 0. The summed E-state index contributed by atoms with van der Waals surface area (Å²) in [6, 6.07) is 13.9. The molecule has 32 heavy (non-hydrogen) atoms. The third-order valence-corrected chi connectivity index (χ3v) is 6.59. The van der Waals surface area contributed by atoms with Crippen LogP contribution < -0.4 is 4.74 Å². The zero-order valence-corrected chi connectivity index (χ0v) is 18.5. The Labute approximate surface area is 186 Å². The van der Waals surface area contributed by atoms with Gasteiger partial charge in [0.2, 0.25) is 0 Å². The van der Waals surface area contributed by atoms with Gasteiger partial charge in [0.05, 0.1) is 43.2 Å². The van der Waals surface area contributed by atoms with Crippen LogP contribution in [0.25, 0.3) is 21.9 Å². The van der Waals surface area contributed by atoms with Crippen LogP contribution in [0.3, 0.4) is 0 Å². The molecule has 0 amide bonds. The van der Waals surface area contributed by atoms with E-state index in [1.165, 1.54) is 0 Å². The summed E-state index contributed by atoms with van der Waals surface area (Å²) < 4.78 is 13.6. The highest BCUT2D eigenvalue weighted by Crippen LogP contribution is 2.29. The monoisotopic (exact) mass is 432 g/mol. The fourth-order valence-corrected chi connectivity index (χ4v) is 4.88. The van der Waals surface area contributed by atoms with E-state index in [-0.39, 0.29) is 11.4 Å². The molecule has 1 N–H and O–H groups in total. The number of likely N-dealkylation sites (tertiary alicyclic amines) is 1. The van der Waals surface area contributed by atoms with Crippen molar-refractivity contribution in [1.29, 1.82) is 0 Å². The van der Waals surface area contributed by atoms with Crippen LogP contribution in [-0.4, -0.2) is 64.7 Å². The molecule has 1 unspecified atom stereocenters. The minimum Gasteiger partial charge on any atom is -0.497 e. The van der Waals surface area contributed by atoms with Crippen LogP contribution >= 0.6 is 0 Å². The van der Waals surface area contributed by atoms with Crippen LogP contribution in [0.2, 0.25) is 0 Å². The molecule has 166 valence electrons. The molecule has 5 rings (SSSR count). The number of para-hydroxylation sites is 2. The van der Waals surface area contributed by atoms with E-state index in [0.717, 1.165) is 47.1 Å². The number of benzene rings is 2. The van der Waals surface area contributed by atoms with E-state index in [1.54, 1.807) is 20.4 Å². The minimum absolute atomic E-state index is 0.101. The molecular formula is C25H28N4O3. The lowest BCUT2D eigenvalue weighted by atomic mass is 9.91. The van der Waals surface area contributed by atoms with Gasteiger partial charge in [0.15, 0.2) is 5.78 Å². The summed E-state index contributed by atoms with van der Waals surface area (Å²) in [6.07, 6.45) is 5.62. The summed E-state index contributed by atoms with van der Waals surface area (Å²) in [5.74, 6) is 0.847. The Morgan fingerprint density at radius 3 is 2.94 bits per heavy atom. The Hall–Kier alpha value is -3.16. The maximum atomic E-state index is 13.2. The van der Waals surface area contributed by atoms with Crippen molar-refractivity contribution in [2.45, 2.75) is 25.0 Å². The fraction of sp³-hybridized carbons (Fsp3) is 0.360. The Kier molecular flexibility index (Phi) is 5.45. The largest absolute Gasteiger partial charge is 0.497 e. The van der Waals surface area contributed by atoms with E-state index in [0.29, 0.717) is 25.2 Å². The van der Waals surface area contributed by atoms with E-state index in [4.69, 9.17) is 9.47 Å². The van der Waals surface area contributed by atoms with Crippen molar-refractivity contribution in [3.05, 3.63) is 60.6 Å². The van der Waals surface area contributed by atoms with Gasteiger partial charge in [0.25, 0.3) is 0 Å². The molecule has 0 aliphatic carbocycles. The third-order valence-electron chi connectivity index (χ3n) is 6.59. The summed E-state index contributed by atoms with van der Waals surface area (Å²) in [7, 11) is 3.41. The van der Waals surface area contributed by atoms with E-state index in [9.17, 15) is 4.79 Å². The normalized spacial score (nSPS) is 19.6. The molecule has 2 aromatic heterocycles. The van der Waals surface area contributed by atoms with Crippen LogP contribution in [0.4, 0.5) is 0 Å². The number of rotatable bonds is 7. The van der Waals surface area contributed by atoms with Crippen molar-refractivity contribution in [2.24, 2.45) is 0 Å². The molecule has 0 saturated carbocycles. The predicted molar refractivity (Wildman–Crippen MR) is 124 cm³/mol. The van der Waals surface area contributed by atoms with E-state index in [2.05, 4.69) is 25.5 Å². The van der Waals surface area contributed by atoms with Crippen molar-refractivity contribution in [3.8, 4) is 5.75 Å². The molecule has 1 aliphatic rings. The number of piperidine rings is 1. The second-order valence-corrected chi connectivity index (χ2v) is 8.60. The predicted octanol–water partition coefficient (Wildman–Crippen LogP) is 3.89. The van der Waals surface area contributed by atoms with Gasteiger partial charge in [-0.2, -0.15) is 0 Å². The highest BCUT2D eigenvalue weighted by atomic mass is 16.5. The number of nitrogens with zero attached hydrogens (tertiary/aromatic N) is 3. The van der Waals surface area contributed by atoms with E-state index in [1.807, 2.05) is 42.7 Å². The van der Waals surface area contributed by atoms with Gasteiger partial charge in [0.1, 0.15) is 5.75 Å². The van der Waals surface area contributed by atoms with Crippen molar-refractivity contribution in [2.75, 3.05) is 33.9 Å². The fourth-order valence-electron chi connectivity index (χ4n) is 4.88. The Bertz CT molecular complexity index is 1260. The smallest absolute Gasteiger partial charge is 0.178 e. The number of ketones is 1. The molecule has 1 aliphatic heterocycles. The van der Waals surface area contributed by atoms with Crippen LogP contribution in [0.1, 0.15) is 23.2 Å². The van der Waals surface area contributed by atoms with Gasteiger partial charge in [-0.15, -0.1) is 0 Å². The molecule has 2 aromatic carbocycles. The van der Waals surface area contributed by atoms with Gasteiger partial charge < -0.3 is 19.0 Å². The second kappa shape index (κ2) is 8.41. The number of fused-ring (bicyclic) bond motifs is 2. The van der Waals surface area contributed by atoms with Gasteiger partial charge in [0, 0.05) is 36.3 Å². The standard InChI is InChI=1S/C25H28N4O3/c1-31-18-8-9-21-19(12-18)20(13-26-21)24(30)14-28-11-5-10-25(15-28,32-2)16-29-17-27-22-6-3-4-7-23(22)29/h3-4,6-9,12-13,17,26H,5,10-11,14-16H2,1-2H3. The van der Waals surface area contributed by atoms with Crippen LogP contribution in [0.5, 0.6) is 5.75 Å². The van der Waals surface area contributed by atoms with Crippen LogP contribution in [0, 0.1) is 0 Å². The lowest BCUT2D eigenvalue weighted by molar-refractivity contribution is -0.0728. The average molecular weight is 433 g/mol. The molecule has 0 radical (unpaired) electrons. The summed E-state index contributed by atoms with van der Waals surface area (Å²) in [4.78, 5) is 23.2. The SMILES string of the molecule is COc1ccc2[nH]cc(C(=O)CN3CCCC(Cn4cnc5ccccc54)(OC)C3)c2c1. The lowest BCUT2D eigenvalue weighted by Gasteiger charge is -2.42. The number of methoxy groups -OCH3 is 2. The number of hydrogen-bond acceptors (Lipinski definition) is 5.